The number of amides is 2. The Balaban J connectivity index is 1.75. The van der Waals surface area contributed by atoms with Gasteiger partial charge in [0.15, 0.2) is 0 Å². The van der Waals surface area contributed by atoms with Gasteiger partial charge in [-0.3, -0.25) is 23.9 Å². The van der Waals surface area contributed by atoms with Crippen LogP contribution in [0.5, 0.6) is 5.75 Å². The minimum atomic E-state index is -0.525. The highest BCUT2D eigenvalue weighted by Crippen LogP contribution is 2.23. The quantitative estimate of drug-likeness (QED) is 0.442. The molecule has 0 aliphatic heterocycles. The maximum Gasteiger partial charge on any atom is 0.294 e. The molecule has 1 N–H and O–H groups in total. The standard InChI is InChI=1S/C27H26N4O4/c1-18-10-4-5-11-20(18)16-30(19(2)32)26-27(34)31(23-14-8-6-12-21(23)29-26)17-25(33)28-22-13-7-9-15-24(22)35-3/h4-15H,16-17H2,1-3H3,(H,28,33). The van der Waals surface area contributed by atoms with E-state index in [1.807, 2.05) is 31.2 Å². The fourth-order valence-corrected chi connectivity index (χ4v) is 3.89. The van der Waals surface area contributed by atoms with Crippen molar-refractivity contribution in [2.24, 2.45) is 0 Å². The van der Waals surface area contributed by atoms with Gasteiger partial charge in [-0.15, -0.1) is 0 Å². The number of methoxy groups -OCH3 is 1. The summed E-state index contributed by atoms with van der Waals surface area (Å²) in [5, 5.41) is 2.80. The molecule has 8 heteroatoms. The molecule has 0 unspecified atom stereocenters. The number of ether oxygens (including phenoxy) is 1. The van der Waals surface area contributed by atoms with Gasteiger partial charge in [0, 0.05) is 6.92 Å². The Morgan fingerprint density at radius 3 is 2.43 bits per heavy atom. The maximum atomic E-state index is 13.6. The number of rotatable bonds is 7. The number of benzene rings is 3. The first-order valence-corrected chi connectivity index (χ1v) is 11.1. The second-order valence-corrected chi connectivity index (χ2v) is 8.10. The molecule has 0 aliphatic carbocycles. The Hall–Kier alpha value is -4.46. The normalized spacial score (nSPS) is 10.7. The summed E-state index contributed by atoms with van der Waals surface area (Å²) in [4.78, 5) is 45.1. The molecular formula is C27H26N4O4. The van der Waals surface area contributed by atoms with Crippen LogP contribution < -0.4 is 20.5 Å². The summed E-state index contributed by atoms with van der Waals surface area (Å²) in [6, 6.07) is 21.7. The molecule has 0 atom stereocenters. The fourth-order valence-electron chi connectivity index (χ4n) is 3.89. The highest BCUT2D eigenvalue weighted by Gasteiger charge is 2.22. The zero-order valence-electron chi connectivity index (χ0n) is 19.8. The van der Waals surface area contributed by atoms with E-state index in [1.165, 1.54) is 23.5 Å². The molecule has 4 rings (SSSR count). The van der Waals surface area contributed by atoms with E-state index in [2.05, 4.69) is 10.3 Å². The molecule has 1 aromatic heterocycles. The number of nitrogens with zero attached hydrogens (tertiary/aromatic N) is 3. The number of fused-ring (bicyclic) bond motifs is 1. The molecular weight excluding hydrogens is 444 g/mol. The molecule has 2 amide bonds. The molecule has 0 saturated heterocycles. The van der Waals surface area contributed by atoms with Crippen molar-refractivity contribution in [3.63, 3.8) is 0 Å². The number of para-hydroxylation sites is 4. The Morgan fingerprint density at radius 1 is 1.00 bits per heavy atom. The lowest BCUT2D eigenvalue weighted by molar-refractivity contribution is -0.117. The van der Waals surface area contributed by atoms with Crippen LogP contribution in [-0.2, 0) is 22.7 Å². The third-order valence-corrected chi connectivity index (χ3v) is 5.74. The van der Waals surface area contributed by atoms with Gasteiger partial charge in [-0.25, -0.2) is 4.98 Å². The summed E-state index contributed by atoms with van der Waals surface area (Å²) in [6.07, 6.45) is 0. The van der Waals surface area contributed by atoms with Crippen molar-refractivity contribution in [3.8, 4) is 5.75 Å². The molecule has 0 fully saturated rings. The first kappa shape index (κ1) is 23.7. The molecule has 4 aromatic rings. The predicted molar refractivity (Wildman–Crippen MR) is 136 cm³/mol. The summed E-state index contributed by atoms with van der Waals surface area (Å²) in [6.45, 7) is 3.27. The van der Waals surface area contributed by atoms with E-state index in [0.717, 1.165) is 11.1 Å². The smallest absolute Gasteiger partial charge is 0.294 e. The van der Waals surface area contributed by atoms with E-state index in [1.54, 1.807) is 48.5 Å². The van der Waals surface area contributed by atoms with Gasteiger partial charge in [-0.2, -0.15) is 0 Å². The average Bonchev–Trinajstić information content (AvgIpc) is 2.85. The van der Waals surface area contributed by atoms with Gasteiger partial charge in [0.05, 0.1) is 30.4 Å². The SMILES string of the molecule is COc1ccccc1NC(=O)Cn1c(=O)c(N(Cc2ccccc2C)C(C)=O)nc2ccccc21. The van der Waals surface area contributed by atoms with Crippen LogP contribution in [0.4, 0.5) is 11.5 Å². The minimum absolute atomic E-state index is 0.0236. The molecule has 1 heterocycles. The van der Waals surface area contributed by atoms with Gasteiger partial charge in [-0.05, 0) is 42.3 Å². The van der Waals surface area contributed by atoms with E-state index in [-0.39, 0.29) is 24.8 Å². The lowest BCUT2D eigenvalue weighted by Gasteiger charge is -2.22. The lowest BCUT2D eigenvalue weighted by Crippen LogP contribution is -2.38. The van der Waals surface area contributed by atoms with Gasteiger partial charge >= 0.3 is 0 Å². The topological polar surface area (TPSA) is 93.5 Å². The van der Waals surface area contributed by atoms with Crippen LogP contribution in [0.3, 0.4) is 0 Å². The molecule has 8 nitrogen and oxygen atoms in total. The van der Waals surface area contributed by atoms with Crippen molar-refractivity contribution in [1.82, 2.24) is 9.55 Å². The number of aryl methyl sites for hydroxylation is 1. The second-order valence-electron chi connectivity index (χ2n) is 8.10. The second kappa shape index (κ2) is 10.2. The Labute approximate surface area is 202 Å². The molecule has 0 bridgehead atoms. The fraction of sp³-hybridized carbons (Fsp3) is 0.185. The van der Waals surface area contributed by atoms with E-state index in [9.17, 15) is 14.4 Å². The first-order valence-electron chi connectivity index (χ1n) is 11.1. The van der Waals surface area contributed by atoms with Gasteiger partial charge < -0.3 is 10.1 Å². The monoisotopic (exact) mass is 470 g/mol. The number of hydrogen-bond acceptors (Lipinski definition) is 5. The maximum absolute atomic E-state index is 13.6. The highest BCUT2D eigenvalue weighted by molar-refractivity contribution is 5.94. The van der Waals surface area contributed by atoms with Crippen LogP contribution in [0.1, 0.15) is 18.1 Å². The number of carbonyl (C=O) groups excluding carboxylic acids is 2. The number of carbonyl (C=O) groups is 2. The third-order valence-electron chi connectivity index (χ3n) is 5.74. The van der Waals surface area contributed by atoms with Crippen LogP contribution in [0.25, 0.3) is 11.0 Å². The average molecular weight is 471 g/mol. The minimum Gasteiger partial charge on any atom is -0.495 e. The van der Waals surface area contributed by atoms with Crippen LogP contribution in [0.15, 0.2) is 77.6 Å². The van der Waals surface area contributed by atoms with Crippen LogP contribution in [0, 0.1) is 6.92 Å². The van der Waals surface area contributed by atoms with Crippen molar-refractivity contribution < 1.29 is 14.3 Å². The number of hydrogen-bond donors (Lipinski definition) is 1. The predicted octanol–water partition coefficient (Wildman–Crippen LogP) is 3.91. The molecule has 0 radical (unpaired) electrons. The summed E-state index contributed by atoms with van der Waals surface area (Å²) in [5.41, 5.74) is 2.87. The van der Waals surface area contributed by atoms with Crippen molar-refractivity contribution in [1.29, 1.82) is 0 Å². The van der Waals surface area contributed by atoms with Crippen LogP contribution in [0.2, 0.25) is 0 Å². The van der Waals surface area contributed by atoms with Gasteiger partial charge in [0.2, 0.25) is 17.6 Å². The first-order chi connectivity index (χ1) is 16.9. The van der Waals surface area contributed by atoms with Crippen LogP contribution >= 0.6 is 0 Å². The number of aromatic nitrogens is 2. The molecule has 0 saturated carbocycles. The Morgan fingerprint density at radius 2 is 1.69 bits per heavy atom. The molecule has 178 valence electrons. The summed E-state index contributed by atoms with van der Waals surface area (Å²) in [5.74, 6) is -0.246. The van der Waals surface area contributed by atoms with E-state index < -0.39 is 11.5 Å². The summed E-state index contributed by atoms with van der Waals surface area (Å²) >= 11 is 0. The summed E-state index contributed by atoms with van der Waals surface area (Å²) < 4.78 is 6.64. The lowest BCUT2D eigenvalue weighted by atomic mass is 10.1. The zero-order chi connectivity index (χ0) is 24.9. The molecule has 3 aromatic carbocycles. The Kier molecular flexibility index (Phi) is 6.91. The van der Waals surface area contributed by atoms with Crippen LogP contribution in [-0.4, -0.2) is 28.5 Å². The molecule has 35 heavy (non-hydrogen) atoms. The highest BCUT2D eigenvalue weighted by atomic mass is 16.5. The van der Waals surface area contributed by atoms with E-state index in [4.69, 9.17) is 4.74 Å². The summed E-state index contributed by atoms with van der Waals surface area (Å²) in [7, 11) is 1.52. The Bertz CT molecular complexity index is 1460. The largest absolute Gasteiger partial charge is 0.495 e. The van der Waals surface area contributed by atoms with E-state index >= 15 is 0 Å². The van der Waals surface area contributed by atoms with Gasteiger partial charge in [0.25, 0.3) is 5.56 Å². The van der Waals surface area contributed by atoms with Gasteiger partial charge in [-0.1, -0.05) is 48.5 Å². The zero-order valence-corrected chi connectivity index (χ0v) is 19.8. The van der Waals surface area contributed by atoms with Crippen molar-refractivity contribution in [2.45, 2.75) is 26.9 Å². The third kappa shape index (κ3) is 5.06. The van der Waals surface area contributed by atoms with Gasteiger partial charge in [0.1, 0.15) is 12.3 Å². The number of nitrogens with one attached hydrogen (secondary N) is 1. The molecule has 0 aliphatic rings. The van der Waals surface area contributed by atoms with Crippen molar-refractivity contribution in [3.05, 3.63) is 94.3 Å². The van der Waals surface area contributed by atoms with Crippen molar-refractivity contribution >= 4 is 34.4 Å². The van der Waals surface area contributed by atoms with Crippen molar-refractivity contribution in [2.75, 3.05) is 17.3 Å². The number of anilines is 2. The van der Waals surface area contributed by atoms with E-state index in [0.29, 0.717) is 22.5 Å². The molecule has 0 spiro atoms.